The van der Waals surface area contributed by atoms with E-state index in [0.29, 0.717) is 13.1 Å². The van der Waals surface area contributed by atoms with Crippen LogP contribution in [0.2, 0.25) is 0 Å². The van der Waals surface area contributed by atoms with Crippen LogP contribution < -0.4 is 10.2 Å². The standard InChI is InChI=1S/C16H24N6OS/c1-11-13(3)24-16(19-11)22-7-5-21(6-8-22)15(23)18-12(2)14-9-17-20(4)10-14/h9-10,12H,5-8H2,1-4H3,(H,18,23)/t12-/m1/s1. The van der Waals surface area contributed by atoms with Crippen LogP contribution in [0.5, 0.6) is 0 Å². The molecule has 1 aliphatic heterocycles. The Morgan fingerprint density at radius 2 is 2.00 bits per heavy atom. The van der Waals surface area contributed by atoms with Gasteiger partial charge in [-0.15, -0.1) is 11.3 Å². The number of urea groups is 1. The van der Waals surface area contributed by atoms with Crippen LogP contribution in [0.4, 0.5) is 9.93 Å². The molecule has 2 aromatic rings. The molecule has 3 rings (SSSR count). The van der Waals surface area contributed by atoms with Crippen molar-refractivity contribution in [1.29, 1.82) is 0 Å². The number of anilines is 1. The number of hydrogen-bond acceptors (Lipinski definition) is 5. The summed E-state index contributed by atoms with van der Waals surface area (Å²) in [6.07, 6.45) is 3.71. The van der Waals surface area contributed by atoms with Crippen LogP contribution in [-0.2, 0) is 7.05 Å². The Morgan fingerprint density at radius 3 is 2.54 bits per heavy atom. The first-order valence-electron chi connectivity index (χ1n) is 8.17. The Balaban J connectivity index is 1.53. The molecular weight excluding hydrogens is 324 g/mol. The topological polar surface area (TPSA) is 66.3 Å². The van der Waals surface area contributed by atoms with Gasteiger partial charge in [-0.2, -0.15) is 5.10 Å². The van der Waals surface area contributed by atoms with E-state index in [1.54, 1.807) is 22.2 Å². The highest BCUT2D eigenvalue weighted by atomic mass is 32.1. The van der Waals surface area contributed by atoms with Crippen molar-refractivity contribution in [1.82, 2.24) is 25.0 Å². The van der Waals surface area contributed by atoms with E-state index in [2.05, 4.69) is 27.2 Å². The van der Waals surface area contributed by atoms with Gasteiger partial charge < -0.3 is 15.1 Å². The van der Waals surface area contributed by atoms with Crippen LogP contribution in [-0.4, -0.2) is 51.9 Å². The highest BCUT2D eigenvalue weighted by Gasteiger charge is 2.24. The normalized spacial score (nSPS) is 16.3. The van der Waals surface area contributed by atoms with Crippen molar-refractivity contribution in [3.05, 3.63) is 28.5 Å². The van der Waals surface area contributed by atoms with Gasteiger partial charge in [0.05, 0.1) is 17.9 Å². The number of thiazole rings is 1. The number of amides is 2. The quantitative estimate of drug-likeness (QED) is 0.922. The molecule has 0 aromatic carbocycles. The zero-order chi connectivity index (χ0) is 17.3. The van der Waals surface area contributed by atoms with Crippen molar-refractivity contribution >= 4 is 22.5 Å². The van der Waals surface area contributed by atoms with Gasteiger partial charge in [0.15, 0.2) is 5.13 Å². The molecule has 0 radical (unpaired) electrons. The second-order valence-corrected chi connectivity index (χ2v) is 7.41. The average molecular weight is 348 g/mol. The van der Waals surface area contributed by atoms with E-state index in [1.165, 1.54) is 4.88 Å². The van der Waals surface area contributed by atoms with Crippen LogP contribution in [0.3, 0.4) is 0 Å². The molecule has 1 saturated heterocycles. The molecule has 2 aromatic heterocycles. The molecule has 0 aliphatic carbocycles. The second-order valence-electron chi connectivity index (χ2n) is 6.23. The number of rotatable bonds is 3. The number of piperazine rings is 1. The Labute approximate surface area is 146 Å². The van der Waals surface area contributed by atoms with Crippen molar-refractivity contribution in [3.63, 3.8) is 0 Å². The molecule has 3 heterocycles. The van der Waals surface area contributed by atoms with Crippen LogP contribution in [0, 0.1) is 13.8 Å². The number of carbonyl (C=O) groups excluding carboxylic acids is 1. The summed E-state index contributed by atoms with van der Waals surface area (Å²) in [4.78, 5) is 22.5. The minimum atomic E-state index is -0.0477. The predicted molar refractivity (Wildman–Crippen MR) is 95.5 cm³/mol. The molecule has 1 fully saturated rings. The van der Waals surface area contributed by atoms with Gasteiger partial charge >= 0.3 is 6.03 Å². The summed E-state index contributed by atoms with van der Waals surface area (Å²) in [7, 11) is 1.87. The number of aromatic nitrogens is 3. The molecule has 0 saturated carbocycles. The fraction of sp³-hybridized carbons (Fsp3) is 0.562. The van der Waals surface area contributed by atoms with Gasteiger partial charge in [0.2, 0.25) is 0 Å². The molecule has 0 unspecified atom stereocenters. The second kappa shape index (κ2) is 6.80. The minimum absolute atomic E-state index is 0.0162. The molecule has 7 nitrogen and oxygen atoms in total. The smallest absolute Gasteiger partial charge is 0.317 e. The molecule has 1 N–H and O–H groups in total. The summed E-state index contributed by atoms with van der Waals surface area (Å²) in [6.45, 7) is 9.18. The van der Waals surface area contributed by atoms with Crippen molar-refractivity contribution in [3.8, 4) is 0 Å². The summed E-state index contributed by atoms with van der Waals surface area (Å²) in [6, 6.07) is -0.0639. The fourth-order valence-corrected chi connectivity index (χ4v) is 3.68. The van der Waals surface area contributed by atoms with E-state index in [9.17, 15) is 4.79 Å². The monoisotopic (exact) mass is 348 g/mol. The summed E-state index contributed by atoms with van der Waals surface area (Å²) < 4.78 is 1.74. The third-order valence-electron chi connectivity index (χ3n) is 4.42. The highest BCUT2D eigenvalue weighted by Crippen LogP contribution is 2.26. The number of hydrogen-bond donors (Lipinski definition) is 1. The van der Waals surface area contributed by atoms with Gasteiger partial charge in [-0.25, -0.2) is 9.78 Å². The van der Waals surface area contributed by atoms with Gasteiger partial charge in [-0.3, -0.25) is 4.68 Å². The molecule has 8 heteroatoms. The largest absolute Gasteiger partial charge is 0.345 e. The minimum Gasteiger partial charge on any atom is -0.345 e. The van der Waals surface area contributed by atoms with Crippen molar-refractivity contribution in [2.24, 2.45) is 7.05 Å². The van der Waals surface area contributed by atoms with Crippen LogP contribution in [0.15, 0.2) is 12.4 Å². The van der Waals surface area contributed by atoms with Gasteiger partial charge in [0.25, 0.3) is 0 Å². The molecule has 2 amide bonds. The van der Waals surface area contributed by atoms with E-state index in [1.807, 2.05) is 32.0 Å². The number of carbonyl (C=O) groups is 1. The zero-order valence-electron chi connectivity index (χ0n) is 14.6. The predicted octanol–water partition coefficient (Wildman–Crippen LogP) is 2.09. The lowest BCUT2D eigenvalue weighted by atomic mass is 10.2. The molecule has 0 bridgehead atoms. The molecule has 24 heavy (non-hydrogen) atoms. The number of aryl methyl sites for hydroxylation is 3. The van der Waals surface area contributed by atoms with Crippen LogP contribution >= 0.6 is 11.3 Å². The Morgan fingerprint density at radius 1 is 1.29 bits per heavy atom. The fourth-order valence-electron chi connectivity index (χ4n) is 2.72. The summed E-state index contributed by atoms with van der Waals surface area (Å²) in [5.74, 6) is 0. The van der Waals surface area contributed by atoms with E-state index in [-0.39, 0.29) is 12.1 Å². The Kier molecular flexibility index (Phi) is 4.75. The lowest BCUT2D eigenvalue weighted by Crippen LogP contribution is -2.52. The summed E-state index contributed by atoms with van der Waals surface area (Å²) >= 11 is 1.73. The van der Waals surface area contributed by atoms with E-state index < -0.39 is 0 Å². The third-order valence-corrected chi connectivity index (χ3v) is 5.55. The first kappa shape index (κ1) is 16.8. The van der Waals surface area contributed by atoms with Crippen molar-refractivity contribution in [2.75, 3.05) is 31.1 Å². The highest BCUT2D eigenvalue weighted by molar-refractivity contribution is 7.15. The lowest BCUT2D eigenvalue weighted by Gasteiger charge is -2.35. The Bertz CT molecular complexity index is 696. The van der Waals surface area contributed by atoms with Gasteiger partial charge in [-0.05, 0) is 20.8 Å². The maximum Gasteiger partial charge on any atom is 0.317 e. The van der Waals surface area contributed by atoms with Crippen molar-refractivity contribution < 1.29 is 4.79 Å². The number of nitrogens with zero attached hydrogens (tertiary/aromatic N) is 5. The zero-order valence-corrected chi connectivity index (χ0v) is 15.4. The summed E-state index contributed by atoms with van der Waals surface area (Å²) in [5.41, 5.74) is 2.11. The van der Waals surface area contributed by atoms with Crippen LogP contribution in [0.25, 0.3) is 0 Å². The third kappa shape index (κ3) is 3.53. The van der Waals surface area contributed by atoms with Gasteiger partial charge in [0.1, 0.15) is 0 Å². The SMILES string of the molecule is Cc1nc(N2CCN(C(=O)N[C@H](C)c3cnn(C)c3)CC2)sc1C. The molecular formula is C16H24N6OS. The maximum absolute atomic E-state index is 12.4. The molecule has 1 atom stereocenters. The van der Waals surface area contributed by atoms with E-state index in [0.717, 1.165) is 29.5 Å². The van der Waals surface area contributed by atoms with Crippen molar-refractivity contribution in [2.45, 2.75) is 26.8 Å². The number of nitrogens with one attached hydrogen (secondary N) is 1. The van der Waals surface area contributed by atoms with Crippen LogP contribution in [0.1, 0.15) is 29.1 Å². The lowest BCUT2D eigenvalue weighted by molar-refractivity contribution is 0.191. The van der Waals surface area contributed by atoms with E-state index >= 15 is 0 Å². The first-order valence-corrected chi connectivity index (χ1v) is 8.98. The van der Waals surface area contributed by atoms with Gasteiger partial charge in [-0.1, -0.05) is 0 Å². The molecule has 1 aliphatic rings. The molecule has 130 valence electrons. The average Bonchev–Trinajstić information content (AvgIpc) is 3.14. The summed E-state index contributed by atoms with van der Waals surface area (Å²) in [5, 5.41) is 8.26. The maximum atomic E-state index is 12.4. The molecule has 0 spiro atoms. The first-order chi connectivity index (χ1) is 11.4. The van der Waals surface area contributed by atoms with E-state index in [4.69, 9.17) is 0 Å². The Hall–Kier alpha value is -2.09. The van der Waals surface area contributed by atoms with Gasteiger partial charge in [0, 0.05) is 49.9 Å².